The smallest absolute Gasteiger partial charge is 0.327 e. The molecule has 0 aliphatic carbocycles. The molecule has 4 amide bonds. The summed E-state index contributed by atoms with van der Waals surface area (Å²) in [6.07, 6.45) is 3.07. The van der Waals surface area contributed by atoms with Gasteiger partial charge in [-0.15, -0.1) is 0 Å². The summed E-state index contributed by atoms with van der Waals surface area (Å²) in [5, 5.41) is 6.02. The largest absolute Gasteiger partial charge is 0.497 e. The number of hydrogen-bond donors (Lipinski definition) is 2. The maximum atomic E-state index is 13.3. The number of amides is 4. The van der Waals surface area contributed by atoms with Crippen molar-refractivity contribution in [1.82, 2.24) is 20.1 Å². The summed E-state index contributed by atoms with van der Waals surface area (Å²) < 4.78 is 10.5. The average molecular weight is 453 g/mol. The van der Waals surface area contributed by atoms with E-state index in [0.717, 1.165) is 6.42 Å². The van der Waals surface area contributed by atoms with E-state index in [1.807, 2.05) is 0 Å². The van der Waals surface area contributed by atoms with Crippen molar-refractivity contribution in [2.75, 3.05) is 32.6 Å². The van der Waals surface area contributed by atoms with Gasteiger partial charge in [0, 0.05) is 12.3 Å². The highest BCUT2D eigenvalue weighted by molar-refractivity contribution is 6.03. The summed E-state index contributed by atoms with van der Waals surface area (Å²) in [6.45, 7) is 0.540. The van der Waals surface area contributed by atoms with Crippen molar-refractivity contribution < 1.29 is 23.9 Å². The Bertz CT molecular complexity index is 1030. The van der Waals surface area contributed by atoms with Crippen LogP contribution in [-0.2, 0) is 16.1 Å². The molecule has 0 spiro atoms. The summed E-state index contributed by atoms with van der Waals surface area (Å²) in [4.78, 5) is 46.3. The third-order valence-electron chi connectivity index (χ3n) is 5.88. The summed E-state index contributed by atoms with van der Waals surface area (Å²) in [6, 6.07) is 8.94. The number of imide groups is 1. The van der Waals surface area contributed by atoms with Crippen LogP contribution in [0.2, 0.25) is 0 Å². The molecule has 33 heavy (non-hydrogen) atoms. The number of ether oxygens (including phenoxy) is 2. The average Bonchev–Trinajstić information content (AvgIpc) is 2.85. The van der Waals surface area contributed by atoms with Gasteiger partial charge < -0.3 is 25.0 Å². The molecule has 10 heteroatoms. The van der Waals surface area contributed by atoms with Crippen LogP contribution in [0.25, 0.3) is 0 Å². The second-order valence-electron chi connectivity index (χ2n) is 7.91. The number of aromatic nitrogens is 1. The lowest BCUT2D eigenvalue weighted by Crippen LogP contribution is -2.70. The molecule has 2 unspecified atom stereocenters. The molecule has 2 aromatic rings. The molecule has 0 saturated carbocycles. The molecule has 1 aromatic heterocycles. The summed E-state index contributed by atoms with van der Waals surface area (Å²) in [5.74, 6) is 0.361. The number of anilines is 1. The zero-order valence-electron chi connectivity index (χ0n) is 18.6. The number of nitrogens with zero attached hydrogens (tertiary/aromatic N) is 3. The Labute approximate surface area is 191 Å². The highest BCUT2D eigenvalue weighted by atomic mass is 16.5. The lowest BCUT2D eigenvalue weighted by Gasteiger charge is -2.46. The molecule has 174 valence electrons. The maximum absolute atomic E-state index is 13.3. The Morgan fingerprint density at radius 3 is 2.79 bits per heavy atom. The lowest BCUT2D eigenvalue weighted by atomic mass is 9.93. The Morgan fingerprint density at radius 2 is 2.06 bits per heavy atom. The number of pyridine rings is 1. The molecule has 0 bridgehead atoms. The van der Waals surface area contributed by atoms with Crippen molar-refractivity contribution in [3.63, 3.8) is 0 Å². The Hall–Kier alpha value is -3.66. The van der Waals surface area contributed by atoms with Crippen LogP contribution in [0.4, 0.5) is 10.5 Å². The van der Waals surface area contributed by atoms with E-state index in [9.17, 15) is 14.4 Å². The van der Waals surface area contributed by atoms with E-state index in [2.05, 4.69) is 15.6 Å². The molecular weight excluding hydrogens is 426 g/mol. The van der Waals surface area contributed by atoms with Gasteiger partial charge >= 0.3 is 6.03 Å². The van der Waals surface area contributed by atoms with Crippen LogP contribution in [0, 0.1) is 0 Å². The Morgan fingerprint density at radius 1 is 1.21 bits per heavy atom. The van der Waals surface area contributed by atoms with Gasteiger partial charge in [-0.25, -0.2) is 4.79 Å². The third-order valence-corrected chi connectivity index (χ3v) is 5.88. The molecule has 2 aliphatic rings. The third kappa shape index (κ3) is 4.75. The van der Waals surface area contributed by atoms with Crippen LogP contribution < -0.4 is 20.1 Å². The van der Waals surface area contributed by atoms with Crippen LogP contribution in [0.5, 0.6) is 11.5 Å². The number of nitrogens with one attached hydrogen (secondary N) is 2. The first-order chi connectivity index (χ1) is 16.0. The molecule has 1 aromatic carbocycles. The van der Waals surface area contributed by atoms with E-state index in [1.165, 1.54) is 16.9 Å². The number of carbonyl (C=O) groups is 3. The molecule has 2 fully saturated rings. The fraction of sp³-hybridized carbons (Fsp3) is 0.391. The lowest BCUT2D eigenvalue weighted by molar-refractivity contribution is -0.138. The van der Waals surface area contributed by atoms with E-state index in [0.29, 0.717) is 35.8 Å². The van der Waals surface area contributed by atoms with Gasteiger partial charge in [-0.3, -0.25) is 19.5 Å². The van der Waals surface area contributed by atoms with Crippen molar-refractivity contribution >= 4 is 23.5 Å². The number of methoxy groups -OCH3 is 2. The molecule has 2 N–H and O–H groups in total. The van der Waals surface area contributed by atoms with Crippen LogP contribution in [0.15, 0.2) is 42.6 Å². The fourth-order valence-corrected chi connectivity index (χ4v) is 4.25. The molecule has 2 saturated heterocycles. The van der Waals surface area contributed by atoms with Crippen molar-refractivity contribution in [2.24, 2.45) is 0 Å². The summed E-state index contributed by atoms with van der Waals surface area (Å²) >= 11 is 0. The van der Waals surface area contributed by atoms with E-state index >= 15 is 0 Å². The second-order valence-corrected chi connectivity index (χ2v) is 7.91. The predicted octanol–water partition coefficient (Wildman–Crippen LogP) is 1.62. The van der Waals surface area contributed by atoms with Crippen LogP contribution >= 0.6 is 0 Å². The molecule has 0 radical (unpaired) electrons. The Balaban J connectivity index is 1.54. The van der Waals surface area contributed by atoms with Crippen LogP contribution in [-0.4, -0.2) is 72.0 Å². The standard InChI is InChI=1S/C23H27N5O5/c1-32-16-8-9-17(19(12-16)33-2)26-20(29)14-27-18-7-5-11-25-21(18)22(30)28(23(27)31)13-15-6-3-4-10-24-15/h3-4,6,8-10,12,18,21,25H,5,7,11,13-14H2,1-2H3,(H,26,29). The first kappa shape index (κ1) is 22.5. The number of carbonyl (C=O) groups excluding carboxylic acids is 3. The van der Waals surface area contributed by atoms with Gasteiger partial charge in [0.25, 0.3) is 0 Å². The van der Waals surface area contributed by atoms with Crippen molar-refractivity contribution in [3.05, 3.63) is 48.3 Å². The highest BCUT2D eigenvalue weighted by Crippen LogP contribution is 2.30. The van der Waals surface area contributed by atoms with Gasteiger partial charge in [0.05, 0.1) is 38.2 Å². The SMILES string of the molecule is COc1ccc(NC(=O)CN2C(=O)N(Cc3ccccn3)C(=O)C3NCCCC32)c(OC)c1. The number of fused-ring (bicyclic) bond motifs is 1. The number of rotatable bonds is 7. The minimum absolute atomic E-state index is 0.0494. The van der Waals surface area contributed by atoms with Crippen LogP contribution in [0.1, 0.15) is 18.5 Å². The first-order valence-electron chi connectivity index (χ1n) is 10.8. The monoisotopic (exact) mass is 453 g/mol. The molecule has 2 aliphatic heterocycles. The van der Waals surface area contributed by atoms with Gasteiger partial charge in [0.1, 0.15) is 24.1 Å². The van der Waals surface area contributed by atoms with Gasteiger partial charge in [-0.05, 0) is 43.7 Å². The number of benzene rings is 1. The normalized spacial score (nSPS) is 20.3. The molecule has 3 heterocycles. The second kappa shape index (κ2) is 9.86. The highest BCUT2D eigenvalue weighted by Gasteiger charge is 2.47. The van der Waals surface area contributed by atoms with E-state index < -0.39 is 12.1 Å². The first-order valence-corrected chi connectivity index (χ1v) is 10.8. The van der Waals surface area contributed by atoms with E-state index in [4.69, 9.17) is 9.47 Å². The van der Waals surface area contributed by atoms with Gasteiger partial charge in [0.2, 0.25) is 11.8 Å². The number of urea groups is 1. The zero-order valence-corrected chi connectivity index (χ0v) is 18.6. The molecule has 4 rings (SSSR count). The summed E-state index contributed by atoms with van der Waals surface area (Å²) in [7, 11) is 3.04. The topological polar surface area (TPSA) is 113 Å². The van der Waals surface area contributed by atoms with Gasteiger partial charge in [0.15, 0.2) is 0 Å². The predicted molar refractivity (Wildman–Crippen MR) is 120 cm³/mol. The zero-order chi connectivity index (χ0) is 23.4. The number of piperidine rings is 1. The minimum atomic E-state index is -0.552. The Kier molecular flexibility index (Phi) is 6.74. The molecule has 10 nitrogen and oxygen atoms in total. The van der Waals surface area contributed by atoms with Gasteiger partial charge in [-0.1, -0.05) is 6.07 Å². The van der Waals surface area contributed by atoms with E-state index in [1.54, 1.807) is 49.7 Å². The maximum Gasteiger partial charge on any atom is 0.327 e. The summed E-state index contributed by atoms with van der Waals surface area (Å²) in [5.41, 5.74) is 1.06. The fourth-order valence-electron chi connectivity index (χ4n) is 4.25. The van der Waals surface area contributed by atoms with Crippen LogP contribution in [0.3, 0.4) is 0 Å². The van der Waals surface area contributed by atoms with Gasteiger partial charge in [-0.2, -0.15) is 0 Å². The quantitative estimate of drug-likeness (QED) is 0.655. The molecule has 2 atom stereocenters. The van der Waals surface area contributed by atoms with Crippen molar-refractivity contribution in [3.8, 4) is 11.5 Å². The minimum Gasteiger partial charge on any atom is -0.497 e. The van der Waals surface area contributed by atoms with Crippen molar-refractivity contribution in [1.29, 1.82) is 0 Å². The van der Waals surface area contributed by atoms with Crippen molar-refractivity contribution in [2.45, 2.75) is 31.5 Å². The van der Waals surface area contributed by atoms with E-state index in [-0.39, 0.29) is 30.9 Å². The molecular formula is C23H27N5O5. The number of hydrogen-bond acceptors (Lipinski definition) is 7.